The Bertz CT molecular complexity index is 6.00. The van der Waals surface area contributed by atoms with Crippen LogP contribution < -0.4 is 0 Å². The molecule has 0 saturated heterocycles. The number of hydrogen-bond acceptors (Lipinski definition) is 1. The average Bonchev–Trinajstić information content (AvgIpc) is 0. The quantitative estimate of drug-likeness (QED) is 0.346. The molecule has 16 valence electrons. The summed E-state index contributed by atoms with van der Waals surface area (Å²) in [7, 11) is 0. The van der Waals surface area contributed by atoms with E-state index in [9.17, 15) is 0 Å². The van der Waals surface area contributed by atoms with Crippen molar-refractivity contribution in [3.63, 3.8) is 0 Å². The van der Waals surface area contributed by atoms with Crippen LogP contribution in [0.1, 0.15) is 0 Å². The van der Waals surface area contributed by atoms with Crippen LogP contribution in [0.3, 0.4) is 0 Å². The van der Waals surface area contributed by atoms with E-state index in [4.69, 9.17) is 0 Å². The zero-order valence-corrected chi connectivity index (χ0v) is 4.48. The van der Waals surface area contributed by atoms with Crippen LogP contribution >= 0.6 is 0 Å². The number of hydrogen-bond donors (Lipinski definition) is 0. The van der Waals surface area contributed by atoms with Crippen molar-refractivity contribution in [1.29, 1.82) is 0 Å². The van der Waals surface area contributed by atoms with Crippen molar-refractivity contribution in [2.24, 2.45) is 0 Å². The van der Waals surface area contributed by atoms with Gasteiger partial charge in [0.25, 0.3) is 0 Å². The van der Waals surface area contributed by atoms with E-state index >= 15 is 0 Å². The second-order valence-electron chi connectivity index (χ2n) is 0. The zero-order chi connectivity index (χ0) is 0. The standard InChI is InChI=1S/Mg.H2O.O.Si/h;1H2;;/q+2;;-2;+4/p-1. The maximum atomic E-state index is 0. The van der Waals surface area contributed by atoms with Crippen LogP contribution in [-0.4, -0.2) is 39.5 Å². The molecule has 0 aliphatic rings. The van der Waals surface area contributed by atoms with Crippen molar-refractivity contribution in [3.05, 3.63) is 0 Å². The second-order valence-corrected chi connectivity index (χ2v) is 0. The zero-order valence-electron chi connectivity index (χ0n) is 2.06. The fourth-order valence-corrected chi connectivity index (χ4v) is 0. The minimum atomic E-state index is 0. The smallest absolute Gasteiger partial charge is 2.00 e. The Morgan fingerprint density at radius 3 is 1.00 bits per heavy atom. The summed E-state index contributed by atoms with van der Waals surface area (Å²) in [5, 5.41) is 0. The van der Waals surface area contributed by atoms with E-state index in [1.165, 1.54) is 0 Å². The first-order valence-electron chi connectivity index (χ1n) is 0. The van der Waals surface area contributed by atoms with Gasteiger partial charge in [0.1, 0.15) is 0 Å². The molecule has 0 fully saturated rings. The van der Waals surface area contributed by atoms with Gasteiger partial charge in [0.05, 0.1) is 0 Å². The Balaban J connectivity index is 0. The minimum Gasteiger partial charge on any atom is -2.00 e. The number of rotatable bonds is 0. The monoisotopic (exact) mass is 85.0 g/mol. The van der Waals surface area contributed by atoms with Crippen LogP contribution in [0.15, 0.2) is 0 Å². The van der Waals surface area contributed by atoms with Crippen LogP contribution in [-0.2, 0) is 5.48 Å². The average molecular weight is 85.4 g/mol. The van der Waals surface area contributed by atoms with Gasteiger partial charge in [0.15, 0.2) is 0 Å². The molecule has 0 radical (unpaired) electrons. The Labute approximate surface area is 45.4 Å². The summed E-state index contributed by atoms with van der Waals surface area (Å²) in [5.41, 5.74) is 0. The summed E-state index contributed by atoms with van der Waals surface area (Å²) in [5.74, 6) is 0. The Kier molecular flexibility index (Phi) is 923. The Morgan fingerprint density at radius 2 is 1.00 bits per heavy atom. The molecule has 0 aromatic heterocycles. The molecule has 0 saturated carbocycles. The predicted octanol–water partition coefficient (Wildman–Crippen LogP) is -1.06. The van der Waals surface area contributed by atoms with Crippen LogP contribution in [0, 0.1) is 0 Å². The second kappa shape index (κ2) is 40.3. The van der Waals surface area contributed by atoms with Gasteiger partial charge < -0.3 is 11.0 Å². The van der Waals surface area contributed by atoms with Crippen LogP contribution in [0.2, 0.25) is 0 Å². The summed E-state index contributed by atoms with van der Waals surface area (Å²) >= 11 is 0. The maximum absolute atomic E-state index is 0. The molecular formula is HMgO2Si+3. The third kappa shape index (κ3) is 12.9. The topological polar surface area (TPSA) is 58.5 Å². The summed E-state index contributed by atoms with van der Waals surface area (Å²) < 4.78 is 0. The van der Waals surface area contributed by atoms with E-state index in [0.29, 0.717) is 0 Å². The van der Waals surface area contributed by atoms with Crippen molar-refractivity contribution in [2.75, 3.05) is 0 Å². The molecule has 0 aliphatic carbocycles. The SMILES string of the molecule is [Mg+2].[O-2].[OH-].[Si+4]. The third-order valence-corrected chi connectivity index (χ3v) is 0. The third-order valence-electron chi connectivity index (χ3n) is 0. The largest absolute Gasteiger partial charge is 4.00 e. The van der Waals surface area contributed by atoms with Crippen molar-refractivity contribution in [2.45, 2.75) is 0 Å². The first-order chi connectivity index (χ1) is 0. The van der Waals surface area contributed by atoms with Gasteiger partial charge in [-0.2, -0.15) is 0 Å². The molecule has 0 amide bonds. The normalized spacial score (nSPS) is 0. The van der Waals surface area contributed by atoms with Gasteiger partial charge in [0.2, 0.25) is 0 Å². The minimum absolute atomic E-state index is 0. The van der Waals surface area contributed by atoms with Crippen molar-refractivity contribution in [1.82, 2.24) is 0 Å². The van der Waals surface area contributed by atoms with Crippen molar-refractivity contribution in [3.8, 4) is 0 Å². The van der Waals surface area contributed by atoms with Crippen molar-refractivity contribution < 1.29 is 11.0 Å². The summed E-state index contributed by atoms with van der Waals surface area (Å²) in [4.78, 5) is 0. The molecule has 0 aromatic rings. The maximum Gasteiger partial charge on any atom is 4.00 e. The molecular weight excluding hydrogens is 84.4 g/mol. The van der Waals surface area contributed by atoms with Crippen LogP contribution in [0.25, 0.3) is 0 Å². The molecule has 0 heterocycles. The van der Waals surface area contributed by atoms with Gasteiger partial charge in [-0.05, 0) is 0 Å². The molecule has 0 atom stereocenters. The summed E-state index contributed by atoms with van der Waals surface area (Å²) in [6, 6.07) is 0. The van der Waals surface area contributed by atoms with Crippen LogP contribution in [0.5, 0.6) is 0 Å². The van der Waals surface area contributed by atoms with Gasteiger partial charge in [0, 0.05) is 0 Å². The Hall–Kier alpha value is 0.903. The van der Waals surface area contributed by atoms with E-state index in [2.05, 4.69) is 0 Å². The van der Waals surface area contributed by atoms with E-state index in [1.54, 1.807) is 0 Å². The molecule has 0 unspecified atom stereocenters. The fraction of sp³-hybridized carbons (Fsp3) is 0. The summed E-state index contributed by atoms with van der Waals surface area (Å²) in [6.07, 6.45) is 0. The van der Waals surface area contributed by atoms with Gasteiger partial charge in [-0.1, -0.05) is 0 Å². The molecule has 2 nitrogen and oxygen atoms in total. The first-order valence-corrected chi connectivity index (χ1v) is 0. The van der Waals surface area contributed by atoms with E-state index in [-0.39, 0.29) is 45.0 Å². The molecule has 0 aromatic carbocycles. The molecule has 0 spiro atoms. The molecule has 0 bridgehead atoms. The van der Waals surface area contributed by atoms with Gasteiger partial charge in [-0.3, -0.25) is 0 Å². The molecule has 0 rings (SSSR count). The molecule has 4 heavy (non-hydrogen) atoms. The van der Waals surface area contributed by atoms with Gasteiger partial charge >= 0.3 is 34.0 Å². The molecule has 1 N–H and O–H groups in total. The fourth-order valence-electron chi connectivity index (χ4n) is 0. The van der Waals surface area contributed by atoms with Crippen molar-refractivity contribution >= 4 is 34.0 Å². The predicted molar refractivity (Wildman–Crippen MR) is 14.1 cm³/mol. The Morgan fingerprint density at radius 1 is 1.00 bits per heavy atom. The molecule has 0 aliphatic heterocycles. The van der Waals surface area contributed by atoms with E-state index < -0.39 is 0 Å². The van der Waals surface area contributed by atoms with E-state index in [0.717, 1.165) is 0 Å². The summed E-state index contributed by atoms with van der Waals surface area (Å²) in [6.45, 7) is 0. The first kappa shape index (κ1) is 91.6. The van der Waals surface area contributed by atoms with Crippen LogP contribution in [0.4, 0.5) is 0 Å². The molecule has 4 heteroatoms. The van der Waals surface area contributed by atoms with Gasteiger partial charge in [-0.25, -0.2) is 0 Å². The van der Waals surface area contributed by atoms with Gasteiger partial charge in [-0.15, -0.1) is 0 Å². The van der Waals surface area contributed by atoms with E-state index in [1.807, 2.05) is 0 Å².